The summed E-state index contributed by atoms with van der Waals surface area (Å²) in [5.74, 6) is 1.61. The molecule has 0 aromatic carbocycles. The Morgan fingerprint density at radius 1 is 1.04 bits per heavy atom. The Hall–Kier alpha value is -1.63. The summed E-state index contributed by atoms with van der Waals surface area (Å²) in [4.78, 5) is 28.7. The molecule has 0 radical (unpaired) electrons. The molecule has 7 heteroatoms. The molecule has 1 aromatic heterocycles. The van der Waals surface area contributed by atoms with E-state index >= 15 is 0 Å². The quantitative estimate of drug-likeness (QED) is 0.780. The van der Waals surface area contributed by atoms with Crippen LogP contribution in [0.3, 0.4) is 0 Å². The number of rotatable bonds is 4. The third-order valence-electron chi connectivity index (χ3n) is 5.27. The second-order valence-electron chi connectivity index (χ2n) is 6.97. The minimum atomic E-state index is 0.0437. The van der Waals surface area contributed by atoms with Crippen molar-refractivity contribution in [3.8, 4) is 0 Å². The van der Waals surface area contributed by atoms with Crippen LogP contribution in [0.2, 0.25) is 0 Å². The molecule has 0 N–H and O–H groups in total. The molecule has 0 bridgehead atoms. The highest BCUT2D eigenvalue weighted by molar-refractivity contribution is 5.81. The number of aromatic nitrogens is 3. The van der Waals surface area contributed by atoms with E-state index in [0.29, 0.717) is 18.4 Å². The number of fused-ring (bicyclic) bond motifs is 1. The molecule has 1 aromatic rings. The second-order valence-corrected chi connectivity index (χ2v) is 6.97. The normalized spacial score (nSPS) is 22.2. The molecule has 126 valence electrons. The zero-order valence-electron chi connectivity index (χ0n) is 13.6. The SMILES string of the molecule is O=C(C1CC1)N1CCN(CCn2nc3n(c2=O)CCCC3)CC1. The van der Waals surface area contributed by atoms with Crippen LogP contribution in [-0.4, -0.2) is 62.8 Å². The van der Waals surface area contributed by atoms with Crippen LogP contribution in [0.25, 0.3) is 0 Å². The third kappa shape index (κ3) is 3.06. The zero-order valence-corrected chi connectivity index (χ0v) is 13.6. The van der Waals surface area contributed by atoms with Crippen molar-refractivity contribution >= 4 is 5.91 Å². The number of hydrogen-bond acceptors (Lipinski definition) is 4. The highest BCUT2D eigenvalue weighted by atomic mass is 16.2. The van der Waals surface area contributed by atoms with Crippen LogP contribution < -0.4 is 5.69 Å². The number of amides is 1. The minimum Gasteiger partial charge on any atom is -0.340 e. The van der Waals surface area contributed by atoms with Gasteiger partial charge in [-0.3, -0.25) is 14.3 Å². The van der Waals surface area contributed by atoms with Gasteiger partial charge in [0.25, 0.3) is 0 Å². The summed E-state index contributed by atoms with van der Waals surface area (Å²) in [6.45, 7) is 5.75. The summed E-state index contributed by atoms with van der Waals surface area (Å²) >= 11 is 0. The lowest BCUT2D eigenvalue weighted by Crippen LogP contribution is -2.50. The first-order valence-electron chi connectivity index (χ1n) is 8.90. The van der Waals surface area contributed by atoms with Gasteiger partial charge in [0.15, 0.2) is 0 Å². The van der Waals surface area contributed by atoms with Gasteiger partial charge in [0.05, 0.1) is 6.54 Å². The molecule has 4 rings (SSSR count). The Bertz CT molecular complexity index is 637. The molecule has 3 heterocycles. The number of carbonyl (C=O) groups excluding carboxylic acids is 1. The predicted molar refractivity (Wildman–Crippen MR) is 85.2 cm³/mol. The van der Waals surface area contributed by atoms with Crippen LogP contribution in [0.1, 0.15) is 31.5 Å². The fourth-order valence-electron chi connectivity index (χ4n) is 3.61. The molecule has 0 spiro atoms. The van der Waals surface area contributed by atoms with Crippen molar-refractivity contribution < 1.29 is 4.79 Å². The Morgan fingerprint density at radius 3 is 2.52 bits per heavy atom. The smallest absolute Gasteiger partial charge is 0.340 e. The average Bonchev–Trinajstić information content (AvgIpc) is 3.39. The van der Waals surface area contributed by atoms with Gasteiger partial charge < -0.3 is 4.90 Å². The Morgan fingerprint density at radius 2 is 1.83 bits per heavy atom. The Balaban J connectivity index is 1.29. The maximum atomic E-state index is 12.3. The van der Waals surface area contributed by atoms with Gasteiger partial charge in [-0.05, 0) is 25.7 Å². The van der Waals surface area contributed by atoms with Crippen molar-refractivity contribution in [3.63, 3.8) is 0 Å². The van der Waals surface area contributed by atoms with E-state index in [-0.39, 0.29) is 5.69 Å². The lowest BCUT2D eigenvalue weighted by molar-refractivity contribution is -0.134. The first-order valence-corrected chi connectivity index (χ1v) is 8.90. The molecule has 1 saturated heterocycles. The minimum absolute atomic E-state index is 0.0437. The van der Waals surface area contributed by atoms with E-state index < -0.39 is 0 Å². The maximum absolute atomic E-state index is 12.3. The first-order chi connectivity index (χ1) is 11.2. The summed E-state index contributed by atoms with van der Waals surface area (Å²) < 4.78 is 3.46. The lowest BCUT2D eigenvalue weighted by atomic mass is 10.2. The summed E-state index contributed by atoms with van der Waals surface area (Å²) in [5.41, 5.74) is 0.0437. The van der Waals surface area contributed by atoms with Crippen molar-refractivity contribution in [2.45, 2.75) is 45.2 Å². The first kappa shape index (κ1) is 14.9. The molecule has 2 fully saturated rings. The van der Waals surface area contributed by atoms with Crippen LogP contribution >= 0.6 is 0 Å². The summed E-state index contributed by atoms with van der Waals surface area (Å²) in [5, 5.41) is 4.49. The molecule has 0 unspecified atom stereocenters. The van der Waals surface area contributed by atoms with Gasteiger partial charge in [-0.15, -0.1) is 0 Å². The molecule has 7 nitrogen and oxygen atoms in total. The fraction of sp³-hybridized carbons (Fsp3) is 0.812. The number of aryl methyl sites for hydroxylation is 1. The van der Waals surface area contributed by atoms with Crippen molar-refractivity contribution in [1.82, 2.24) is 24.1 Å². The van der Waals surface area contributed by atoms with Crippen molar-refractivity contribution in [3.05, 3.63) is 16.3 Å². The standard InChI is InChI=1S/C16H25N5O2/c22-15(13-4-5-13)19-10-7-18(8-11-19)9-12-21-16(23)20-6-2-1-3-14(20)17-21/h13H,1-12H2. The highest BCUT2D eigenvalue weighted by Crippen LogP contribution is 2.31. The topological polar surface area (TPSA) is 63.4 Å². The van der Waals surface area contributed by atoms with E-state index in [2.05, 4.69) is 10.00 Å². The molecular formula is C16H25N5O2. The summed E-state index contributed by atoms with van der Waals surface area (Å²) in [7, 11) is 0. The molecule has 1 amide bonds. The van der Waals surface area contributed by atoms with E-state index in [1.54, 1.807) is 4.68 Å². The van der Waals surface area contributed by atoms with Crippen molar-refractivity contribution in [2.75, 3.05) is 32.7 Å². The van der Waals surface area contributed by atoms with Gasteiger partial charge in [0.1, 0.15) is 5.82 Å². The van der Waals surface area contributed by atoms with Gasteiger partial charge in [-0.25, -0.2) is 9.48 Å². The van der Waals surface area contributed by atoms with Crippen LogP contribution in [0.4, 0.5) is 0 Å². The number of carbonyl (C=O) groups is 1. The average molecular weight is 319 g/mol. The van der Waals surface area contributed by atoms with Gasteiger partial charge in [0.2, 0.25) is 5.91 Å². The molecule has 0 atom stereocenters. The van der Waals surface area contributed by atoms with Crippen molar-refractivity contribution in [1.29, 1.82) is 0 Å². The van der Waals surface area contributed by atoms with E-state index in [9.17, 15) is 9.59 Å². The van der Waals surface area contributed by atoms with Gasteiger partial charge >= 0.3 is 5.69 Å². The third-order valence-corrected chi connectivity index (χ3v) is 5.27. The molecule has 1 saturated carbocycles. The van der Waals surface area contributed by atoms with E-state index in [1.807, 2.05) is 9.47 Å². The van der Waals surface area contributed by atoms with Crippen LogP contribution in [0, 0.1) is 5.92 Å². The molecule has 2 aliphatic heterocycles. The van der Waals surface area contributed by atoms with Crippen LogP contribution in [0.15, 0.2) is 4.79 Å². The van der Waals surface area contributed by atoms with Gasteiger partial charge in [-0.2, -0.15) is 5.10 Å². The lowest BCUT2D eigenvalue weighted by Gasteiger charge is -2.34. The predicted octanol–water partition coefficient (Wildman–Crippen LogP) is -0.0647. The van der Waals surface area contributed by atoms with E-state index in [4.69, 9.17) is 0 Å². The fourth-order valence-corrected chi connectivity index (χ4v) is 3.61. The number of piperazine rings is 1. The highest BCUT2D eigenvalue weighted by Gasteiger charge is 2.34. The summed E-state index contributed by atoms with van der Waals surface area (Å²) in [6, 6.07) is 0. The van der Waals surface area contributed by atoms with E-state index in [1.165, 1.54) is 0 Å². The number of hydrogen-bond donors (Lipinski definition) is 0. The van der Waals surface area contributed by atoms with Gasteiger partial charge in [-0.1, -0.05) is 0 Å². The zero-order chi connectivity index (χ0) is 15.8. The number of nitrogens with zero attached hydrogens (tertiary/aromatic N) is 5. The second kappa shape index (κ2) is 6.11. The Labute approximate surface area is 135 Å². The molecule has 23 heavy (non-hydrogen) atoms. The van der Waals surface area contributed by atoms with Crippen molar-refractivity contribution in [2.24, 2.45) is 5.92 Å². The van der Waals surface area contributed by atoms with Gasteiger partial charge in [0, 0.05) is 51.6 Å². The molecular weight excluding hydrogens is 294 g/mol. The summed E-state index contributed by atoms with van der Waals surface area (Å²) in [6.07, 6.45) is 5.28. The van der Waals surface area contributed by atoms with Crippen LogP contribution in [-0.2, 0) is 24.3 Å². The monoisotopic (exact) mass is 319 g/mol. The largest absolute Gasteiger partial charge is 0.345 e. The van der Waals surface area contributed by atoms with Crippen LogP contribution in [0.5, 0.6) is 0 Å². The Kier molecular flexibility index (Phi) is 3.97. The molecule has 1 aliphatic carbocycles. The maximum Gasteiger partial charge on any atom is 0.345 e. The van der Waals surface area contributed by atoms with E-state index in [0.717, 1.165) is 77.2 Å². The molecule has 3 aliphatic rings.